The topological polar surface area (TPSA) is 0 Å². The summed E-state index contributed by atoms with van der Waals surface area (Å²) in [6, 6.07) is 0. The van der Waals surface area contributed by atoms with Crippen molar-refractivity contribution in [3.63, 3.8) is 0 Å². The first-order valence-electron chi connectivity index (χ1n) is 3.43. The minimum absolute atomic E-state index is 0. The average molecular weight is 212 g/mol. The molecule has 0 aromatic rings. The van der Waals surface area contributed by atoms with Gasteiger partial charge in [-0.15, -0.1) is 0 Å². The van der Waals surface area contributed by atoms with Crippen LogP contribution >= 0.6 is 0 Å². The zero-order valence-corrected chi connectivity index (χ0v) is 9.27. The van der Waals surface area contributed by atoms with E-state index < -0.39 is 0 Å². The van der Waals surface area contributed by atoms with Crippen molar-refractivity contribution >= 4 is 0 Å². The van der Waals surface area contributed by atoms with Crippen LogP contribution in [0, 0.1) is 11.8 Å². The van der Waals surface area contributed by atoms with E-state index in [2.05, 4.69) is 39.0 Å². The molecule has 0 bridgehead atoms. The third kappa shape index (κ3) is 2.54. The Morgan fingerprint density at radius 1 is 1.20 bits per heavy atom. The molecule has 0 nitrogen and oxygen atoms in total. The van der Waals surface area contributed by atoms with E-state index >= 15 is 0 Å². The summed E-state index contributed by atoms with van der Waals surface area (Å²) in [5.74, 6) is 2.05. The fourth-order valence-corrected chi connectivity index (χ4v) is 0.946. The van der Waals surface area contributed by atoms with E-state index in [1.54, 1.807) is 0 Å². The van der Waals surface area contributed by atoms with Gasteiger partial charge >= 0.3 is 0 Å². The molecule has 1 aliphatic rings. The standard InChI is InChI=1S/C9H13.Zr/c1-7(2)9-5-4-8(3)6-9;/h4-7H,1-3H3;. The normalized spacial score (nSPS) is 17.4. The Morgan fingerprint density at radius 3 is 2.00 bits per heavy atom. The summed E-state index contributed by atoms with van der Waals surface area (Å²) in [6.45, 7) is 6.56. The molecule has 0 saturated heterocycles. The van der Waals surface area contributed by atoms with Crippen LogP contribution in [0.5, 0.6) is 0 Å². The fraction of sp³-hybridized carbons (Fsp3) is 0.444. The van der Waals surface area contributed by atoms with Gasteiger partial charge in [0, 0.05) is 32.1 Å². The maximum atomic E-state index is 2.24. The molecule has 0 amide bonds. The summed E-state index contributed by atoms with van der Waals surface area (Å²) < 4.78 is 0. The molecule has 0 heterocycles. The van der Waals surface area contributed by atoms with E-state index in [-0.39, 0.29) is 26.2 Å². The molecule has 1 rings (SSSR count). The summed E-state index contributed by atoms with van der Waals surface area (Å²) in [5, 5.41) is 0. The average Bonchev–Trinajstić information content (AvgIpc) is 2.14. The quantitative estimate of drug-likeness (QED) is 0.627. The van der Waals surface area contributed by atoms with Crippen molar-refractivity contribution in [2.75, 3.05) is 0 Å². The molecule has 0 atom stereocenters. The summed E-state index contributed by atoms with van der Waals surface area (Å²) in [6.07, 6.45) is 6.60. The second kappa shape index (κ2) is 4.28. The van der Waals surface area contributed by atoms with Gasteiger partial charge in [0.2, 0.25) is 0 Å². The number of hydrogen-bond donors (Lipinski definition) is 0. The van der Waals surface area contributed by atoms with Crippen LogP contribution in [0.3, 0.4) is 0 Å². The SMILES string of the molecule is C[C]1C=CC(C(C)C)=C1.[Zr]. The van der Waals surface area contributed by atoms with Crippen molar-refractivity contribution in [1.82, 2.24) is 0 Å². The Labute approximate surface area is 82.5 Å². The smallest absolute Gasteiger partial charge is 0.0165 e. The van der Waals surface area contributed by atoms with Crippen molar-refractivity contribution in [1.29, 1.82) is 0 Å². The second-order valence-electron chi connectivity index (χ2n) is 2.88. The van der Waals surface area contributed by atoms with E-state index in [4.69, 9.17) is 0 Å². The molecule has 1 radical (unpaired) electrons. The van der Waals surface area contributed by atoms with Gasteiger partial charge in [0.15, 0.2) is 0 Å². The molecule has 1 aliphatic carbocycles. The zero-order valence-electron chi connectivity index (χ0n) is 6.81. The summed E-state index contributed by atoms with van der Waals surface area (Å²) >= 11 is 0. The minimum Gasteiger partial charge on any atom is -0.0734 e. The maximum absolute atomic E-state index is 2.24. The molecule has 10 heavy (non-hydrogen) atoms. The van der Waals surface area contributed by atoms with Gasteiger partial charge in [-0.2, -0.15) is 0 Å². The predicted molar refractivity (Wildman–Crippen MR) is 41.0 cm³/mol. The van der Waals surface area contributed by atoms with E-state index in [0.717, 1.165) is 0 Å². The monoisotopic (exact) mass is 211 g/mol. The van der Waals surface area contributed by atoms with Gasteiger partial charge in [0.1, 0.15) is 0 Å². The molecular formula is C9H13Zr. The molecule has 53 valence electrons. The Hall–Kier alpha value is 0.363. The molecule has 0 unspecified atom stereocenters. The summed E-state index contributed by atoms with van der Waals surface area (Å²) in [5.41, 5.74) is 1.45. The second-order valence-corrected chi connectivity index (χ2v) is 2.88. The number of allylic oxidation sites excluding steroid dienone is 4. The van der Waals surface area contributed by atoms with Crippen molar-refractivity contribution in [3.05, 3.63) is 29.7 Å². The third-order valence-corrected chi connectivity index (χ3v) is 1.60. The third-order valence-electron chi connectivity index (χ3n) is 1.60. The van der Waals surface area contributed by atoms with E-state index in [1.807, 2.05) is 0 Å². The van der Waals surface area contributed by atoms with Gasteiger partial charge in [0.25, 0.3) is 0 Å². The fourth-order valence-electron chi connectivity index (χ4n) is 0.946. The first-order valence-corrected chi connectivity index (χ1v) is 3.43. The van der Waals surface area contributed by atoms with Crippen LogP contribution in [0.15, 0.2) is 23.8 Å². The predicted octanol–water partition coefficient (Wildman–Crippen LogP) is 2.73. The van der Waals surface area contributed by atoms with Gasteiger partial charge in [-0.1, -0.05) is 39.0 Å². The molecule has 0 aliphatic heterocycles. The molecule has 0 aromatic carbocycles. The minimum atomic E-state index is 0. The Bertz CT molecular complexity index is 154. The zero-order chi connectivity index (χ0) is 6.85. The van der Waals surface area contributed by atoms with Crippen LogP contribution in [-0.2, 0) is 26.2 Å². The van der Waals surface area contributed by atoms with E-state index in [0.29, 0.717) is 5.92 Å². The van der Waals surface area contributed by atoms with E-state index in [9.17, 15) is 0 Å². The number of hydrogen-bond acceptors (Lipinski definition) is 0. The first kappa shape index (κ1) is 10.4. The first-order chi connectivity index (χ1) is 4.20. The van der Waals surface area contributed by atoms with Crippen molar-refractivity contribution in [2.24, 2.45) is 5.92 Å². The molecule has 0 spiro atoms. The molecule has 0 saturated carbocycles. The summed E-state index contributed by atoms with van der Waals surface area (Å²) in [7, 11) is 0. The largest absolute Gasteiger partial charge is 0.0734 e. The van der Waals surface area contributed by atoms with Crippen LogP contribution in [0.2, 0.25) is 0 Å². The Balaban J connectivity index is 0.000000810. The van der Waals surface area contributed by atoms with Gasteiger partial charge in [-0.25, -0.2) is 0 Å². The molecule has 0 N–H and O–H groups in total. The van der Waals surface area contributed by atoms with Crippen LogP contribution in [0.25, 0.3) is 0 Å². The molecule has 1 heteroatoms. The molecule has 0 aromatic heterocycles. The van der Waals surface area contributed by atoms with E-state index in [1.165, 1.54) is 11.5 Å². The molecular weight excluding hydrogens is 199 g/mol. The van der Waals surface area contributed by atoms with Crippen LogP contribution in [0.1, 0.15) is 20.8 Å². The van der Waals surface area contributed by atoms with Gasteiger partial charge in [0.05, 0.1) is 0 Å². The van der Waals surface area contributed by atoms with Gasteiger partial charge in [-0.3, -0.25) is 0 Å². The number of rotatable bonds is 1. The molecule has 0 fully saturated rings. The van der Waals surface area contributed by atoms with Gasteiger partial charge < -0.3 is 0 Å². The van der Waals surface area contributed by atoms with Gasteiger partial charge in [-0.05, 0) is 11.5 Å². The van der Waals surface area contributed by atoms with Crippen LogP contribution in [0.4, 0.5) is 0 Å². The Morgan fingerprint density at radius 2 is 1.80 bits per heavy atom. The maximum Gasteiger partial charge on any atom is 0.0165 e. The van der Waals surface area contributed by atoms with Crippen molar-refractivity contribution in [3.8, 4) is 0 Å². The van der Waals surface area contributed by atoms with Crippen LogP contribution < -0.4 is 0 Å². The Kier molecular flexibility index (Phi) is 4.44. The van der Waals surface area contributed by atoms with Crippen molar-refractivity contribution in [2.45, 2.75) is 20.8 Å². The van der Waals surface area contributed by atoms with Crippen LogP contribution in [-0.4, -0.2) is 0 Å². The van der Waals surface area contributed by atoms with Crippen molar-refractivity contribution < 1.29 is 26.2 Å². The summed E-state index contributed by atoms with van der Waals surface area (Å²) in [4.78, 5) is 0.